The van der Waals surface area contributed by atoms with Gasteiger partial charge in [0.25, 0.3) is 0 Å². The van der Waals surface area contributed by atoms with E-state index in [2.05, 4.69) is 10.0 Å². The van der Waals surface area contributed by atoms with Gasteiger partial charge in [-0.2, -0.15) is 0 Å². The predicted octanol–water partition coefficient (Wildman–Crippen LogP) is 0.901. The van der Waals surface area contributed by atoms with Crippen molar-refractivity contribution in [3.05, 3.63) is 35.9 Å². The molecular weight excluding hydrogens is 248 g/mol. The van der Waals surface area contributed by atoms with Crippen molar-refractivity contribution >= 4 is 10.0 Å². The summed E-state index contributed by atoms with van der Waals surface area (Å²) in [6, 6.07) is 10.0. The minimum Gasteiger partial charge on any atom is -0.313 e. The highest BCUT2D eigenvalue weighted by molar-refractivity contribution is 7.89. The SMILES string of the molecule is O=S(=O)(CC1CCCN1)NCCc1ccccc1. The molecule has 0 bridgehead atoms. The Labute approximate surface area is 109 Å². The maximum Gasteiger partial charge on any atom is 0.213 e. The van der Waals surface area contributed by atoms with Crippen LogP contribution in [0, 0.1) is 0 Å². The summed E-state index contributed by atoms with van der Waals surface area (Å²) in [5, 5.41) is 3.20. The fraction of sp³-hybridized carbons (Fsp3) is 0.538. The molecule has 0 aromatic heterocycles. The van der Waals surface area contributed by atoms with E-state index in [4.69, 9.17) is 0 Å². The molecule has 100 valence electrons. The lowest BCUT2D eigenvalue weighted by Crippen LogP contribution is -2.37. The second-order valence-electron chi connectivity index (χ2n) is 4.70. The van der Waals surface area contributed by atoms with Gasteiger partial charge in [-0.1, -0.05) is 30.3 Å². The molecule has 1 fully saturated rings. The molecule has 1 unspecified atom stereocenters. The molecule has 4 nitrogen and oxygen atoms in total. The number of rotatable bonds is 6. The van der Waals surface area contributed by atoms with Crippen molar-refractivity contribution in [1.82, 2.24) is 10.0 Å². The van der Waals surface area contributed by atoms with Gasteiger partial charge < -0.3 is 5.32 Å². The third-order valence-corrected chi connectivity index (χ3v) is 4.65. The molecule has 2 rings (SSSR count). The zero-order valence-electron chi connectivity index (χ0n) is 10.4. The average Bonchev–Trinajstić information content (AvgIpc) is 2.82. The molecule has 18 heavy (non-hydrogen) atoms. The summed E-state index contributed by atoms with van der Waals surface area (Å²) in [4.78, 5) is 0. The van der Waals surface area contributed by atoms with Gasteiger partial charge >= 0.3 is 0 Å². The van der Waals surface area contributed by atoms with Gasteiger partial charge in [-0.15, -0.1) is 0 Å². The van der Waals surface area contributed by atoms with Crippen LogP contribution in [-0.2, 0) is 16.4 Å². The molecule has 1 atom stereocenters. The van der Waals surface area contributed by atoms with Crippen LogP contribution in [0.25, 0.3) is 0 Å². The van der Waals surface area contributed by atoms with E-state index >= 15 is 0 Å². The Hall–Kier alpha value is -0.910. The van der Waals surface area contributed by atoms with Crippen LogP contribution in [0.2, 0.25) is 0 Å². The first-order chi connectivity index (χ1) is 8.66. The summed E-state index contributed by atoms with van der Waals surface area (Å²) in [7, 11) is -3.15. The Morgan fingerprint density at radius 3 is 2.72 bits per heavy atom. The third kappa shape index (κ3) is 4.40. The predicted molar refractivity (Wildman–Crippen MR) is 73.0 cm³/mol. The molecule has 1 aromatic rings. The van der Waals surface area contributed by atoms with Gasteiger partial charge in [-0.3, -0.25) is 0 Å². The van der Waals surface area contributed by atoms with Gasteiger partial charge in [-0.25, -0.2) is 13.1 Å². The maximum absolute atomic E-state index is 11.8. The lowest BCUT2D eigenvalue weighted by molar-refractivity contribution is 0.564. The molecule has 0 saturated carbocycles. The van der Waals surface area contributed by atoms with Crippen molar-refractivity contribution < 1.29 is 8.42 Å². The molecule has 2 N–H and O–H groups in total. The normalized spacial score (nSPS) is 20.1. The van der Waals surface area contributed by atoms with Crippen molar-refractivity contribution in [2.75, 3.05) is 18.8 Å². The number of nitrogens with one attached hydrogen (secondary N) is 2. The lowest BCUT2D eigenvalue weighted by Gasteiger charge is -2.11. The minimum absolute atomic E-state index is 0.124. The van der Waals surface area contributed by atoms with E-state index in [1.54, 1.807) is 0 Å². The number of sulfonamides is 1. The average molecular weight is 268 g/mol. The first-order valence-corrected chi connectivity index (χ1v) is 8.05. The molecule has 1 saturated heterocycles. The smallest absolute Gasteiger partial charge is 0.213 e. The first-order valence-electron chi connectivity index (χ1n) is 6.40. The fourth-order valence-electron chi connectivity index (χ4n) is 2.22. The molecule has 5 heteroatoms. The van der Waals surface area contributed by atoms with Crippen molar-refractivity contribution in [2.45, 2.75) is 25.3 Å². The van der Waals surface area contributed by atoms with E-state index in [9.17, 15) is 8.42 Å². The van der Waals surface area contributed by atoms with Crippen LogP contribution in [0.3, 0.4) is 0 Å². The van der Waals surface area contributed by atoms with Crippen LogP contribution in [0.15, 0.2) is 30.3 Å². The highest BCUT2D eigenvalue weighted by atomic mass is 32.2. The Balaban J connectivity index is 1.75. The summed E-state index contributed by atoms with van der Waals surface area (Å²) in [6.07, 6.45) is 2.77. The van der Waals surface area contributed by atoms with Crippen LogP contribution in [-0.4, -0.2) is 33.3 Å². The van der Waals surface area contributed by atoms with E-state index in [1.165, 1.54) is 0 Å². The standard InChI is InChI=1S/C13H20N2O2S/c16-18(17,11-13-7-4-9-14-13)15-10-8-12-5-2-1-3-6-12/h1-3,5-6,13-15H,4,7-11H2. The maximum atomic E-state index is 11.8. The van der Waals surface area contributed by atoms with Gasteiger partial charge in [-0.05, 0) is 31.4 Å². The molecular formula is C13H20N2O2S. The Morgan fingerprint density at radius 1 is 1.28 bits per heavy atom. The molecule has 0 radical (unpaired) electrons. The second kappa shape index (κ2) is 6.31. The first kappa shape index (κ1) is 13.5. The number of benzene rings is 1. The number of hydrogen-bond acceptors (Lipinski definition) is 3. The zero-order valence-corrected chi connectivity index (χ0v) is 11.2. The molecule has 1 aromatic carbocycles. The zero-order chi connectivity index (χ0) is 12.8. The van der Waals surface area contributed by atoms with Crippen molar-refractivity contribution in [3.63, 3.8) is 0 Å². The van der Waals surface area contributed by atoms with E-state index in [0.717, 1.165) is 31.4 Å². The Kier molecular flexibility index (Phi) is 4.74. The summed E-state index contributed by atoms with van der Waals surface area (Å²) in [5.74, 6) is 0.196. The van der Waals surface area contributed by atoms with Gasteiger partial charge in [0.1, 0.15) is 0 Å². The van der Waals surface area contributed by atoms with E-state index < -0.39 is 10.0 Å². The summed E-state index contributed by atoms with van der Waals surface area (Å²) in [6.45, 7) is 1.41. The second-order valence-corrected chi connectivity index (χ2v) is 6.56. The van der Waals surface area contributed by atoms with E-state index in [0.29, 0.717) is 6.54 Å². The van der Waals surface area contributed by atoms with Crippen LogP contribution >= 0.6 is 0 Å². The van der Waals surface area contributed by atoms with Gasteiger partial charge in [0.05, 0.1) is 5.75 Å². The van der Waals surface area contributed by atoms with E-state index in [-0.39, 0.29) is 11.8 Å². The topological polar surface area (TPSA) is 58.2 Å². The molecule has 0 amide bonds. The summed E-state index contributed by atoms with van der Waals surface area (Å²) >= 11 is 0. The summed E-state index contributed by atoms with van der Waals surface area (Å²) in [5.41, 5.74) is 1.15. The van der Waals surface area contributed by atoms with Crippen molar-refractivity contribution in [2.24, 2.45) is 0 Å². The molecule has 0 spiro atoms. The third-order valence-electron chi connectivity index (χ3n) is 3.16. The fourth-order valence-corrected chi connectivity index (χ4v) is 3.56. The highest BCUT2D eigenvalue weighted by Gasteiger charge is 2.21. The molecule has 1 aliphatic heterocycles. The minimum atomic E-state index is -3.15. The van der Waals surface area contributed by atoms with Gasteiger partial charge in [0.15, 0.2) is 0 Å². The number of hydrogen-bond donors (Lipinski definition) is 2. The quantitative estimate of drug-likeness (QED) is 0.806. The van der Waals surface area contributed by atoms with E-state index in [1.807, 2.05) is 30.3 Å². The van der Waals surface area contributed by atoms with Crippen LogP contribution < -0.4 is 10.0 Å². The van der Waals surface area contributed by atoms with Crippen LogP contribution in [0.4, 0.5) is 0 Å². The monoisotopic (exact) mass is 268 g/mol. The van der Waals surface area contributed by atoms with Crippen LogP contribution in [0.1, 0.15) is 18.4 Å². The van der Waals surface area contributed by atoms with Crippen LogP contribution in [0.5, 0.6) is 0 Å². The largest absolute Gasteiger partial charge is 0.313 e. The molecule has 1 heterocycles. The van der Waals surface area contributed by atoms with Crippen molar-refractivity contribution in [3.8, 4) is 0 Å². The molecule has 1 aliphatic rings. The lowest BCUT2D eigenvalue weighted by atomic mass is 10.2. The highest BCUT2D eigenvalue weighted by Crippen LogP contribution is 2.07. The summed E-state index contributed by atoms with van der Waals surface area (Å²) < 4.78 is 26.3. The Morgan fingerprint density at radius 2 is 2.06 bits per heavy atom. The Bertz CT molecular complexity index is 453. The van der Waals surface area contributed by atoms with Gasteiger partial charge in [0, 0.05) is 12.6 Å². The molecule has 0 aliphatic carbocycles. The van der Waals surface area contributed by atoms with Gasteiger partial charge in [0.2, 0.25) is 10.0 Å². The van der Waals surface area contributed by atoms with Crippen molar-refractivity contribution in [1.29, 1.82) is 0 Å².